The molecule has 0 aliphatic rings. The molecule has 0 unspecified atom stereocenters. The topological polar surface area (TPSA) is 26.3 Å². The van der Waals surface area contributed by atoms with Crippen LogP contribution in [0.15, 0.2) is 28.7 Å². The molecule has 0 bridgehead atoms. The van der Waals surface area contributed by atoms with Crippen LogP contribution in [0.2, 0.25) is 0 Å². The molecule has 0 heterocycles. The third-order valence-electron chi connectivity index (χ3n) is 3.27. The Morgan fingerprint density at radius 3 is 2.38 bits per heavy atom. The average Bonchev–Trinajstić information content (AvgIpc) is 2.44. The predicted octanol–water partition coefficient (Wildman–Crippen LogP) is 4.58. The van der Waals surface area contributed by atoms with Crippen molar-refractivity contribution in [3.8, 4) is 5.75 Å². The second-order valence-corrected chi connectivity index (χ2v) is 5.52. The van der Waals surface area contributed by atoms with Crippen LogP contribution in [0.1, 0.15) is 27.0 Å². The molecule has 0 aliphatic heterocycles. The molecule has 0 aliphatic carbocycles. The van der Waals surface area contributed by atoms with Crippen LogP contribution in [0.3, 0.4) is 0 Å². The van der Waals surface area contributed by atoms with Crippen molar-refractivity contribution in [3.05, 3.63) is 62.6 Å². The van der Waals surface area contributed by atoms with Crippen LogP contribution in [0.25, 0.3) is 0 Å². The molecule has 0 fully saturated rings. The number of ether oxygens (including phenoxy) is 1. The number of aryl methyl sites for hydroxylation is 1. The van der Waals surface area contributed by atoms with Gasteiger partial charge >= 0.3 is 0 Å². The zero-order valence-electron chi connectivity index (χ0n) is 11.8. The third-order valence-corrected chi connectivity index (χ3v) is 4.10. The SMILES string of the molecule is COc1c(C)cc(Br)c(C)c1C(=O)c1ccc(F)c(F)c1. The highest BCUT2D eigenvalue weighted by Crippen LogP contribution is 2.34. The van der Waals surface area contributed by atoms with Gasteiger partial charge < -0.3 is 4.74 Å². The number of halogens is 3. The van der Waals surface area contributed by atoms with E-state index in [1.54, 1.807) is 6.92 Å². The van der Waals surface area contributed by atoms with Gasteiger partial charge in [-0.25, -0.2) is 8.78 Å². The van der Waals surface area contributed by atoms with E-state index in [1.165, 1.54) is 13.2 Å². The third kappa shape index (κ3) is 2.83. The van der Waals surface area contributed by atoms with Gasteiger partial charge in [0.25, 0.3) is 0 Å². The minimum atomic E-state index is -1.05. The number of hydrogen-bond donors (Lipinski definition) is 0. The van der Waals surface area contributed by atoms with E-state index in [0.29, 0.717) is 16.9 Å². The lowest BCUT2D eigenvalue weighted by molar-refractivity contribution is 0.103. The van der Waals surface area contributed by atoms with Gasteiger partial charge in [-0.05, 0) is 49.2 Å². The second kappa shape index (κ2) is 5.93. The number of rotatable bonds is 3. The van der Waals surface area contributed by atoms with Crippen LogP contribution >= 0.6 is 15.9 Å². The van der Waals surface area contributed by atoms with Gasteiger partial charge in [-0.15, -0.1) is 0 Å². The van der Waals surface area contributed by atoms with Crippen LogP contribution < -0.4 is 4.74 Å². The minimum Gasteiger partial charge on any atom is -0.496 e. The van der Waals surface area contributed by atoms with Gasteiger partial charge in [-0.1, -0.05) is 15.9 Å². The fraction of sp³-hybridized carbons (Fsp3) is 0.188. The molecule has 0 N–H and O–H groups in total. The highest BCUT2D eigenvalue weighted by molar-refractivity contribution is 9.10. The summed E-state index contributed by atoms with van der Waals surface area (Å²) in [6.45, 7) is 3.57. The van der Waals surface area contributed by atoms with Crippen molar-refractivity contribution in [2.24, 2.45) is 0 Å². The van der Waals surface area contributed by atoms with Gasteiger partial charge in [0, 0.05) is 10.0 Å². The fourth-order valence-electron chi connectivity index (χ4n) is 2.17. The van der Waals surface area contributed by atoms with E-state index in [0.717, 1.165) is 22.2 Å². The predicted molar refractivity (Wildman–Crippen MR) is 80.0 cm³/mol. The van der Waals surface area contributed by atoms with Crippen molar-refractivity contribution in [1.29, 1.82) is 0 Å². The molecule has 5 heteroatoms. The maximum absolute atomic E-state index is 13.3. The van der Waals surface area contributed by atoms with Crippen LogP contribution in [0, 0.1) is 25.5 Å². The average molecular weight is 355 g/mol. The van der Waals surface area contributed by atoms with E-state index in [2.05, 4.69) is 15.9 Å². The molecule has 2 aromatic carbocycles. The zero-order valence-corrected chi connectivity index (χ0v) is 13.3. The van der Waals surface area contributed by atoms with Crippen LogP contribution in [0.5, 0.6) is 5.75 Å². The van der Waals surface area contributed by atoms with Gasteiger partial charge in [-0.3, -0.25) is 4.79 Å². The molecular formula is C16H13BrF2O2. The van der Waals surface area contributed by atoms with E-state index >= 15 is 0 Å². The maximum atomic E-state index is 13.3. The number of carbonyl (C=O) groups is 1. The molecule has 0 atom stereocenters. The monoisotopic (exact) mass is 354 g/mol. The number of methoxy groups -OCH3 is 1. The minimum absolute atomic E-state index is 0.0767. The Bertz CT molecular complexity index is 727. The Balaban J connectivity index is 2.65. The standard InChI is InChI=1S/C16H13BrF2O2/c1-8-6-11(17)9(2)14(16(8)21-3)15(20)10-4-5-12(18)13(19)7-10/h4-7H,1-3H3. The lowest BCUT2D eigenvalue weighted by Crippen LogP contribution is -2.09. The first-order chi connectivity index (χ1) is 9.86. The summed E-state index contributed by atoms with van der Waals surface area (Å²) in [6.07, 6.45) is 0. The van der Waals surface area contributed by atoms with Crippen molar-refractivity contribution in [1.82, 2.24) is 0 Å². The molecule has 0 saturated heterocycles. The largest absolute Gasteiger partial charge is 0.496 e. The Hall–Kier alpha value is -1.75. The zero-order chi connectivity index (χ0) is 15.7. The van der Waals surface area contributed by atoms with Crippen molar-refractivity contribution in [2.75, 3.05) is 7.11 Å². The van der Waals surface area contributed by atoms with Crippen molar-refractivity contribution in [3.63, 3.8) is 0 Å². The molecular weight excluding hydrogens is 342 g/mol. The Labute approximate surface area is 129 Å². The summed E-state index contributed by atoms with van der Waals surface area (Å²) in [7, 11) is 1.47. The van der Waals surface area contributed by atoms with E-state index < -0.39 is 17.4 Å². The Kier molecular flexibility index (Phi) is 4.42. The van der Waals surface area contributed by atoms with Crippen molar-refractivity contribution < 1.29 is 18.3 Å². The molecule has 110 valence electrons. The molecule has 2 nitrogen and oxygen atoms in total. The quantitative estimate of drug-likeness (QED) is 0.754. The summed E-state index contributed by atoms with van der Waals surface area (Å²) in [6, 6.07) is 4.94. The first kappa shape index (κ1) is 15.6. The van der Waals surface area contributed by atoms with Gasteiger partial charge in [0.1, 0.15) is 5.75 Å². The smallest absolute Gasteiger partial charge is 0.197 e. The molecule has 0 saturated carbocycles. The van der Waals surface area contributed by atoms with E-state index in [4.69, 9.17) is 4.74 Å². The Morgan fingerprint density at radius 1 is 1.14 bits per heavy atom. The summed E-state index contributed by atoms with van der Waals surface area (Å²) in [4.78, 5) is 12.6. The Morgan fingerprint density at radius 2 is 1.81 bits per heavy atom. The van der Waals surface area contributed by atoms with Crippen molar-refractivity contribution >= 4 is 21.7 Å². The van der Waals surface area contributed by atoms with Gasteiger partial charge in [0.15, 0.2) is 17.4 Å². The normalized spacial score (nSPS) is 10.6. The number of benzene rings is 2. The first-order valence-electron chi connectivity index (χ1n) is 6.20. The lowest BCUT2D eigenvalue weighted by atomic mass is 9.95. The van der Waals surface area contributed by atoms with Gasteiger partial charge in [0.05, 0.1) is 12.7 Å². The fourth-order valence-corrected chi connectivity index (χ4v) is 2.71. The molecule has 2 rings (SSSR count). The van der Waals surface area contributed by atoms with Gasteiger partial charge in [-0.2, -0.15) is 0 Å². The summed E-state index contributed by atoms with van der Waals surface area (Å²) in [5.41, 5.74) is 1.89. The van der Waals surface area contributed by atoms with E-state index in [9.17, 15) is 13.6 Å². The van der Waals surface area contributed by atoms with Crippen LogP contribution in [0.4, 0.5) is 8.78 Å². The van der Waals surface area contributed by atoms with E-state index in [-0.39, 0.29) is 5.56 Å². The molecule has 21 heavy (non-hydrogen) atoms. The highest BCUT2D eigenvalue weighted by Gasteiger charge is 2.22. The molecule has 0 radical (unpaired) electrons. The summed E-state index contributed by atoms with van der Waals surface area (Å²) < 4.78 is 32.4. The van der Waals surface area contributed by atoms with E-state index in [1.807, 2.05) is 13.0 Å². The maximum Gasteiger partial charge on any atom is 0.197 e. The number of ketones is 1. The number of hydrogen-bond acceptors (Lipinski definition) is 2. The summed E-state index contributed by atoms with van der Waals surface area (Å²) in [5.74, 6) is -2.01. The van der Waals surface area contributed by atoms with Crippen LogP contribution in [-0.2, 0) is 0 Å². The second-order valence-electron chi connectivity index (χ2n) is 4.67. The highest BCUT2D eigenvalue weighted by atomic mass is 79.9. The summed E-state index contributed by atoms with van der Waals surface area (Å²) >= 11 is 3.39. The lowest BCUT2D eigenvalue weighted by Gasteiger charge is -2.15. The molecule has 0 spiro atoms. The van der Waals surface area contributed by atoms with Gasteiger partial charge in [0.2, 0.25) is 0 Å². The molecule has 0 aromatic heterocycles. The number of carbonyl (C=O) groups excluding carboxylic acids is 1. The molecule has 2 aromatic rings. The van der Waals surface area contributed by atoms with Crippen molar-refractivity contribution in [2.45, 2.75) is 13.8 Å². The summed E-state index contributed by atoms with van der Waals surface area (Å²) in [5, 5.41) is 0. The first-order valence-corrected chi connectivity index (χ1v) is 6.99. The van der Waals surface area contributed by atoms with Crippen LogP contribution in [-0.4, -0.2) is 12.9 Å². The molecule has 0 amide bonds.